The molecule has 0 spiro atoms. The van der Waals surface area contributed by atoms with Gasteiger partial charge in [-0.25, -0.2) is 4.99 Å². The molecule has 0 radical (unpaired) electrons. The zero-order valence-corrected chi connectivity index (χ0v) is 22.1. The van der Waals surface area contributed by atoms with Gasteiger partial charge in [0.2, 0.25) is 11.8 Å². The monoisotopic (exact) mass is 572 g/mol. The second-order valence-corrected chi connectivity index (χ2v) is 8.35. The van der Waals surface area contributed by atoms with Crippen molar-refractivity contribution in [3.8, 4) is 0 Å². The van der Waals surface area contributed by atoms with E-state index < -0.39 is 0 Å². The van der Waals surface area contributed by atoms with Crippen LogP contribution in [0.4, 0.5) is 0 Å². The van der Waals surface area contributed by atoms with Crippen molar-refractivity contribution in [3.63, 3.8) is 0 Å². The number of likely N-dealkylation sites (N-methyl/N-ethyl adjacent to an activating group) is 1. The molecule has 0 aromatic heterocycles. The first-order chi connectivity index (χ1) is 15.5. The molecule has 184 valence electrons. The molecule has 2 aliphatic heterocycles. The number of carbonyl (C=O) groups excluding carboxylic acids is 2. The first-order valence-electron chi connectivity index (χ1n) is 11.4. The molecule has 2 saturated heterocycles. The largest absolute Gasteiger partial charge is 0.378 e. The van der Waals surface area contributed by atoms with Crippen LogP contribution in [-0.2, 0) is 20.7 Å². The number of hydrogen-bond acceptors (Lipinski definition) is 5. The number of nitrogens with zero attached hydrogens (tertiary/aromatic N) is 5. The number of amides is 2. The minimum Gasteiger partial charge on any atom is -0.378 e. The lowest BCUT2D eigenvalue weighted by Gasteiger charge is -2.37. The standard InChI is InChI=1S/C23H36N6O3.HI/c1-26(2)21(30)18-25-23(24-9-8-20-6-4-3-5-7-20)29-12-10-27(11-13-29)19-22(31)28-14-16-32-17-15-28;/h3-7H,8-19H2,1-2H3,(H,24,25);1H. The molecule has 0 bridgehead atoms. The van der Waals surface area contributed by atoms with Gasteiger partial charge in [0.15, 0.2) is 5.96 Å². The van der Waals surface area contributed by atoms with Gasteiger partial charge in [0.05, 0.1) is 19.8 Å². The highest BCUT2D eigenvalue weighted by Gasteiger charge is 2.24. The Hall–Kier alpha value is -1.92. The lowest BCUT2D eigenvalue weighted by atomic mass is 10.1. The van der Waals surface area contributed by atoms with Gasteiger partial charge in [0, 0.05) is 59.9 Å². The number of aliphatic imine (C=N–C) groups is 1. The lowest BCUT2D eigenvalue weighted by molar-refractivity contribution is -0.136. The fraction of sp³-hybridized carbons (Fsp3) is 0.609. The van der Waals surface area contributed by atoms with Crippen LogP contribution >= 0.6 is 24.0 Å². The van der Waals surface area contributed by atoms with Gasteiger partial charge in [-0.2, -0.15) is 0 Å². The van der Waals surface area contributed by atoms with Crippen molar-refractivity contribution in [1.29, 1.82) is 0 Å². The molecule has 10 heteroatoms. The molecule has 2 heterocycles. The van der Waals surface area contributed by atoms with Crippen molar-refractivity contribution in [2.45, 2.75) is 6.42 Å². The second kappa shape index (κ2) is 14.4. The maximum atomic E-state index is 12.5. The number of ether oxygens (including phenoxy) is 1. The Morgan fingerprint density at radius 2 is 1.67 bits per heavy atom. The predicted octanol–water partition coefficient (Wildman–Crippen LogP) is 0.357. The Morgan fingerprint density at radius 1 is 1.00 bits per heavy atom. The van der Waals surface area contributed by atoms with E-state index in [1.165, 1.54) is 5.56 Å². The molecule has 0 aliphatic carbocycles. The van der Waals surface area contributed by atoms with Crippen LogP contribution in [0.3, 0.4) is 0 Å². The number of morpholine rings is 1. The van der Waals surface area contributed by atoms with Crippen molar-refractivity contribution >= 4 is 41.8 Å². The molecule has 2 amide bonds. The molecule has 1 N–H and O–H groups in total. The number of piperazine rings is 1. The molecule has 1 aromatic carbocycles. The van der Waals surface area contributed by atoms with Crippen molar-refractivity contribution in [3.05, 3.63) is 35.9 Å². The van der Waals surface area contributed by atoms with Crippen molar-refractivity contribution in [2.24, 2.45) is 4.99 Å². The van der Waals surface area contributed by atoms with Crippen molar-refractivity contribution in [1.82, 2.24) is 24.9 Å². The Morgan fingerprint density at radius 3 is 2.30 bits per heavy atom. The fourth-order valence-corrected chi connectivity index (χ4v) is 3.74. The number of halogens is 1. The summed E-state index contributed by atoms with van der Waals surface area (Å²) < 4.78 is 5.33. The van der Waals surface area contributed by atoms with E-state index in [1.54, 1.807) is 19.0 Å². The molecule has 2 aliphatic rings. The number of carbonyl (C=O) groups is 2. The van der Waals surface area contributed by atoms with Gasteiger partial charge in [-0.3, -0.25) is 14.5 Å². The molecular weight excluding hydrogens is 535 g/mol. The molecule has 3 rings (SSSR count). The average molecular weight is 572 g/mol. The van der Waals surface area contributed by atoms with Crippen LogP contribution in [0.1, 0.15) is 5.56 Å². The average Bonchev–Trinajstić information content (AvgIpc) is 2.82. The first-order valence-corrected chi connectivity index (χ1v) is 11.4. The van der Waals surface area contributed by atoms with Gasteiger partial charge in [0.1, 0.15) is 6.54 Å². The van der Waals surface area contributed by atoms with E-state index in [0.717, 1.165) is 45.1 Å². The second-order valence-electron chi connectivity index (χ2n) is 8.35. The fourth-order valence-electron chi connectivity index (χ4n) is 3.74. The number of rotatable bonds is 7. The third-order valence-corrected chi connectivity index (χ3v) is 5.80. The molecule has 0 unspecified atom stereocenters. The van der Waals surface area contributed by atoms with Crippen LogP contribution in [0.25, 0.3) is 0 Å². The highest BCUT2D eigenvalue weighted by Crippen LogP contribution is 2.06. The third-order valence-electron chi connectivity index (χ3n) is 5.80. The zero-order valence-electron chi connectivity index (χ0n) is 19.7. The maximum absolute atomic E-state index is 12.5. The minimum absolute atomic E-state index is 0. The van der Waals surface area contributed by atoms with E-state index in [1.807, 2.05) is 23.1 Å². The van der Waals surface area contributed by atoms with Gasteiger partial charge < -0.3 is 24.8 Å². The Labute approximate surface area is 214 Å². The SMILES string of the molecule is CN(C)C(=O)CN=C(NCCc1ccccc1)N1CCN(CC(=O)N2CCOCC2)CC1.I. The molecular formula is C23H37IN6O3. The summed E-state index contributed by atoms with van der Waals surface area (Å²) >= 11 is 0. The number of benzene rings is 1. The normalized spacial score (nSPS) is 17.3. The molecule has 9 nitrogen and oxygen atoms in total. The highest BCUT2D eigenvalue weighted by molar-refractivity contribution is 14.0. The molecule has 0 atom stereocenters. The maximum Gasteiger partial charge on any atom is 0.243 e. The van der Waals surface area contributed by atoms with E-state index in [4.69, 9.17) is 4.74 Å². The van der Waals surface area contributed by atoms with Crippen LogP contribution in [0.2, 0.25) is 0 Å². The molecule has 0 saturated carbocycles. The summed E-state index contributed by atoms with van der Waals surface area (Å²) in [4.78, 5) is 37.0. The van der Waals surface area contributed by atoms with E-state index in [2.05, 4.69) is 32.2 Å². The van der Waals surface area contributed by atoms with Crippen molar-refractivity contribution in [2.75, 3.05) is 86.2 Å². The van der Waals surface area contributed by atoms with Crippen LogP contribution in [0.5, 0.6) is 0 Å². The number of guanidine groups is 1. The van der Waals surface area contributed by atoms with Gasteiger partial charge >= 0.3 is 0 Å². The topological polar surface area (TPSA) is 80.7 Å². The highest BCUT2D eigenvalue weighted by atomic mass is 127. The Kier molecular flexibility index (Phi) is 11.9. The number of hydrogen-bond donors (Lipinski definition) is 1. The van der Waals surface area contributed by atoms with Gasteiger partial charge in [-0.1, -0.05) is 30.3 Å². The van der Waals surface area contributed by atoms with Crippen LogP contribution in [0, 0.1) is 0 Å². The van der Waals surface area contributed by atoms with Crippen LogP contribution < -0.4 is 5.32 Å². The molecule has 1 aromatic rings. The van der Waals surface area contributed by atoms with Crippen LogP contribution in [-0.4, -0.2) is 124 Å². The van der Waals surface area contributed by atoms with Gasteiger partial charge in [-0.05, 0) is 12.0 Å². The summed E-state index contributed by atoms with van der Waals surface area (Å²) in [5, 5.41) is 3.44. The first kappa shape index (κ1) is 27.3. The predicted molar refractivity (Wildman–Crippen MR) is 140 cm³/mol. The molecule has 2 fully saturated rings. The summed E-state index contributed by atoms with van der Waals surface area (Å²) in [5.41, 5.74) is 1.26. The van der Waals surface area contributed by atoms with E-state index in [0.29, 0.717) is 32.8 Å². The minimum atomic E-state index is -0.0258. The van der Waals surface area contributed by atoms with Gasteiger partial charge in [0.25, 0.3) is 0 Å². The van der Waals surface area contributed by atoms with Crippen LogP contribution in [0.15, 0.2) is 35.3 Å². The lowest BCUT2D eigenvalue weighted by Crippen LogP contribution is -2.55. The zero-order chi connectivity index (χ0) is 22.8. The van der Waals surface area contributed by atoms with Gasteiger partial charge in [-0.15, -0.1) is 24.0 Å². The summed E-state index contributed by atoms with van der Waals surface area (Å²) in [6.45, 7) is 7.04. The third kappa shape index (κ3) is 9.09. The Bertz CT molecular complexity index is 763. The molecule has 33 heavy (non-hydrogen) atoms. The van der Waals surface area contributed by atoms with E-state index >= 15 is 0 Å². The van der Waals surface area contributed by atoms with Crippen molar-refractivity contribution < 1.29 is 14.3 Å². The summed E-state index contributed by atoms with van der Waals surface area (Å²) in [7, 11) is 3.48. The quantitative estimate of drug-likeness (QED) is 0.289. The van der Waals surface area contributed by atoms with E-state index in [9.17, 15) is 9.59 Å². The number of nitrogens with one attached hydrogen (secondary N) is 1. The van der Waals surface area contributed by atoms with E-state index in [-0.39, 0.29) is 42.3 Å². The summed E-state index contributed by atoms with van der Waals surface area (Å²) in [6, 6.07) is 10.3. The summed E-state index contributed by atoms with van der Waals surface area (Å²) in [6.07, 6.45) is 0.884. The smallest absolute Gasteiger partial charge is 0.243 e. The Balaban J connectivity index is 0.00000385. The summed E-state index contributed by atoms with van der Waals surface area (Å²) in [5.74, 6) is 0.908.